The fourth-order valence-electron chi connectivity index (χ4n) is 4.49. The normalized spacial score (nSPS) is 18.8. The van der Waals surface area contributed by atoms with Crippen LogP contribution in [0.1, 0.15) is 48.1 Å². The summed E-state index contributed by atoms with van der Waals surface area (Å²) in [5, 5.41) is 11.3. The molecule has 2 aliphatic rings. The summed E-state index contributed by atoms with van der Waals surface area (Å²) in [4.78, 5) is 32.1. The van der Waals surface area contributed by atoms with Gasteiger partial charge in [-0.25, -0.2) is 0 Å². The van der Waals surface area contributed by atoms with Crippen LogP contribution in [0.15, 0.2) is 72.6 Å². The van der Waals surface area contributed by atoms with Crippen LogP contribution in [0.25, 0.3) is 5.76 Å². The lowest BCUT2D eigenvalue weighted by atomic mass is 9.93. The van der Waals surface area contributed by atoms with Gasteiger partial charge >= 0.3 is 0 Å². The molecule has 0 radical (unpaired) electrons. The van der Waals surface area contributed by atoms with E-state index in [1.54, 1.807) is 36.7 Å². The summed E-state index contributed by atoms with van der Waals surface area (Å²) in [6.45, 7) is 5.24. The number of rotatable bonds is 5. The van der Waals surface area contributed by atoms with Crippen molar-refractivity contribution in [2.75, 3.05) is 13.2 Å². The summed E-state index contributed by atoms with van der Waals surface area (Å²) in [6.07, 6.45) is 3.32. The topological polar surface area (TPSA) is 89.0 Å². The molecular formula is C28H26N2O5. The van der Waals surface area contributed by atoms with E-state index in [9.17, 15) is 14.7 Å². The molecule has 1 N–H and O–H groups in total. The Morgan fingerprint density at radius 2 is 1.80 bits per heavy atom. The maximum Gasteiger partial charge on any atom is 0.295 e. The molecule has 0 aliphatic carbocycles. The fourth-order valence-corrected chi connectivity index (χ4v) is 4.49. The summed E-state index contributed by atoms with van der Waals surface area (Å²) in [6, 6.07) is 15.7. The Hall–Kier alpha value is -4.13. The zero-order valence-electron chi connectivity index (χ0n) is 19.6. The van der Waals surface area contributed by atoms with E-state index in [-0.39, 0.29) is 17.9 Å². The molecule has 1 fully saturated rings. The average Bonchev–Trinajstić information content (AvgIpc) is 3.13. The van der Waals surface area contributed by atoms with Gasteiger partial charge in [0, 0.05) is 24.5 Å². The predicted octanol–water partition coefficient (Wildman–Crippen LogP) is 4.60. The number of fused-ring (bicyclic) bond motifs is 1. The van der Waals surface area contributed by atoms with Gasteiger partial charge in [-0.15, -0.1) is 0 Å². The maximum absolute atomic E-state index is 13.3. The van der Waals surface area contributed by atoms with Gasteiger partial charge in [0.1, 0.15) is 19.0 Å². The smallest absolute Gasteiger partial charge is 0.295 e. The van der Waals surface area contributed by atoms with Crippen LogP contribution in [0.5, 0.6) is 11.5 Å². The highest BCUT2D eigenvalue weighted by atomic mass is 16.6. The minimum atomic E-state index is -0.746. The van der Waals surface area contributed by atoms with E-state index in [1.807, 2.05) is 30.3 Å². The first-order valence-corrected chi connectivity index (χ1v) is 11.6. The Balaban J connectivity index is 1.62. The van der Waals surface area contributed by atoms with Gasteiger partial charge in [-0.1, -0.05) is 44.2 Å². The van der Waals surface area contributed by atoms with Crippen molar-refractivity contribution in [1.82, 2.24) is 9.88 Å². The van der Waals surface area contributed by atoms with E-state index in [4.69, 9.17) is 9.47 Å². The molecule has 178 valence electrons. The van der Waals surface area contributed by atoms with E-state index in [0.29, 0.717) is 36.2 Å². The van der Waals surface area contributed by atoms with Crippen molar-refractivity contribution in [3.63, 3.8) is 0 Å². The predicted molar refractivity (Wildman–Crippen MR) is 130 cm³/mol. The Kier molecular flexibility index (Phi) is 5.99. The third-order valence-electron chi connectivity index (χ3n) is 6.35. The summed E-state index contributed by atoms with van der Waals surface area (Å²) in [7, 11) is 0. The highest BCUT2D eigenvalue weighted by molar-refractivity contribution is 6.46. The SMILES string of the molecule is CC(C)c1ccc(C2C(=C(O)c3ccc4c(c3)OCCO4)C(=O)C(=O)N2Cc2cccnc2)cc1. The van der Waals surface area contributed by atoms with Crippen LogP contribution in [-0.4, -0.2) is 39.9 Å². The first kappa shape index (κ1) is 22.7. The Labute approximate surface area is 203 Å². The molecule has 7 heteroatoms. The van der Waals surface area contributed by atoms with Gasteiger partial charge in [-0.2, -0.15) is 0 Å². The van der Waals surface area contributed by atoms with Crippen molar-refractivity contribution in [2.24, 2.45) is 0 Å². The van der Waals surface area contributed by atoms with Crippen LogP contribution < -0.4 is 9.47 Å². The number of aromatic nitrogens is 1. The van der Waals surface area contributed by atoms with Gasteiger partial charge < -0.3 is 19.5 Å². The molecule has 35 heavy (non-hydrogen) atoms. The molecule has 2 aliphatic heterocycles. The Morgan fingerprint density at radius 1 is 1.06 bits per heavy atom. The number of aliphatic hydroxyl groups excluding tert-OH is 1. The second-order valence-electron chi connectivity index (χ2n) is 8.97. The number of aliphatic hydroxyl groups is 1. The third-order valence-corrected chi connectivity index (χ3v) is 6.35. The number of pyridine rings is 1. The van der Waals surface area contributed by atoms with Crippen molar-refractivity contribution in [2.45, 2.75) is 32.4 Å². The van der Waals surface area contributed by atoms with Crippen molar-refractivity contribution in [1.29, 1.82) is 0 Å². The van der Waals surface area contributed by atoms with Gasteiger partial charge in [0.25, 0.3) is 11.7 Å². The minimum Gasteiger partial charge on any atom is -0.507 e. The Bertz CT molecular complexity index is 1300. The summed E-state index contributed by atoms with van der Waals surface area (Å²) >= 11 is 0. The first-order valence-electron chi connectivity index (χ1n) is 11.6. The van der Waals surface area contributed by atoms with Gasteiger partial charge in [0.15, 0.2) is 11.5 Å². The molecule has 0 spiro atoms. The second-order valence-corrected chi connectivity index (χ2v) is 8.97. The van der Waals surface area contributed by atoms with Gasteiger partial charge in [0.2, 0.25) is 0 Å². The van der Waals surface area contributed by atoms with Crippen LogP contribution in [0, 0.1) is 0 Å². The van der Waals surface area contributed by atoms with Crippen LogP contribution in [0.3, 0.4) is 0 Å². The molecule has 0 bridgehead atoms. The van der Waals surface area contributed by atoms with Crippen molar-refractivity contribution >= 4 is 17.4 Å². The molecule has 0 saturated carbocycles. The van der Waals surface area contributed by atoms with Gasteiger partial charge in [-0.3, -0.25) is 14.6 Å². The first-order chi connectivity index (χ1) is 16.9. The van der Waals surface area contributed by atoms with E-state index in [0.717, 1.165) is 16.7 Å². The molecule has 5 rings (SSSR count). The molecule has 7 nitrogen and oxygen atoms in total. The Morgan fingerprint density at radius 3 is 2.49 bits per heavy atom. The molecule has 3 aromatic rings. The molecule has 1 aromatic heterocycles. The average molecular weight is 471 g/mol. The maximum atomic E-state index is 13.3. The standard InChI is InChI=1S/C28H26N2O5/c1-17(2)19-5-7-20(8-6-19)25-24(26(31)21-9-10-22-23(14-21)35-13-12-34-22)27(32)28(33)30(25)16-18-4-3-11-29-15-18/h3-11,14-15,17,25,31H,12-13,16H2,1-2H3. The van der Waals surface area contributed by atoms with Crippen LogP contribution in [0.4, 0.5) is 0 Å². The lowest BCUT2D eigenvalue weighted by molar-refractivity contribution is -0.140. The number of likely N-dealkylation sites (tertiary alicyclic amines) is 1. The second kappa shape index (κ2) is 9.25. The van der Waals surface area contributed by atoms with Crippen molar-refractivity contribution in [3.8, 4) is 11.5 Å². The number of nitrogens with zero attached hydrogens (tertiary/aromatic N) is 2. The number of carbonyl (C=O) groups is 2. The number of hydrogen-bond donors (Lipinski definition) is 1. The fraction of sp³-hybridized carbons (Fsp3) is 0.250. The van der Waals surface area contributed by atoms with E-state index < -0.39 is 17.7 Å². The molecule has 3 heterocycles. The highest BCUT2D eigenvalue weighted by Crippen LogP contribution is 2.42. The number of carbonyl (C=O) groups excluding carboxylic acids is 2. The molecule has 2 aromatic carbocycles. The van der Waals surface area contributed by atoms with E-state index in [1.165, 1.54) is 4.90 Å². The summed E-state index contributed by atoms with van der Waals surface area (Å²) in [5.41, 5.74) is 3.11. The molecule has 1 atom stereocenters. The van der Waals surface area contributed by atoms with Gasteiger partial charge in [-0.05, 0) is 46.9 Å². The number of hydrogen-bond acceptors (Lipinski definition) is 6. The third kappa shape index (κ3) is 4.25. The lowest BCUT2D eigenvalue weighted by Crippen LogP contribution is -2.29. The lowest BCUT2D eigenvalue weighted by Gasteiger charge is -2.26. The summed E-state index contributed by atoms with van der Waals surface area (Å²) < 4.78 is 11.2. The number of ether oxygens (including phenoxy) is 2. The number of Topliss-reactive ketones (excluding diaryl/α,β-unsaturated/α-hetero) is 1. The van der Waals surface area contributed by atoms with Gasteiger partial charge in [0.05, 0.1) is 11.6 Å². The van der Waals surface area contributed by atoms with Crippen molar-refractivity contribution in [3.05, 3.63) is 94.8 Å². The van der Waals surface area contributed by atoms with Crippen LogP contribution >= 0.6 is 0 Å². The molecule has 1 saturated heterocycles. The molecule has 1 unspecified atom stereocenters. The van der Waals surface area contributed by atoms with E-state index >= 15 is 0 Å². The quantitative estimate of drug-likeness (QED) is 0.333. The molecular weight excluding hydrogens is 444 g/mol. The zero-order chi connectivity index (χ0) is 24.5. The van der Waals surface area contributed by atoms with E-state index in [2.05, 4.69) is 18.8 Å². The monoisotopic (exact) mass is 470 g/mol. The number of benzene rings is 2. The summed E-state index contributed by atoms with van der Waals surface area (Å²) in [5.74, 6) is -0.228. The highest BCUT2D eigenvalue weighted by Gasteiger charge is 2.46. The molecule has 1 amide bonds. The van der Waals surface area contributed by atoms with Crippen molar-refractivity contribution < 1.29 is 24.2 Å². The largest absolute Gasteiger partial charge is 0.507 e. The van der Waals surface area contributed by atoms with Crippen LogP contribution in [0.2, 0.25) is 0 Å². The number of amides is 1. The minimum absolute atomic E-state index is 0.0489. The van der Waals surface area contributed by atoms with Crippen LogP contribution in [-0.2, 0) is 16.1 Å². The number of ketones is 1. The zero-order valence-corrected chi connectivity index (χ0v) is 19.6.